The van der Waals surface area contributed by atoms with Gasteiger partial charge in [-0.05, 0) is 25.0 Å². The molecule has 152 valence electrons. The Morgan fingerprint density at radius 2 is 1.90 bits per heavy atom. The molecule has 0 radical (unpaired) electrons. The summed E-state index contributed by atoms with van der Waals surface area (Å²) in [5.74, 6) is -0.172. The number of rotatable bonds is 4. The van der Waals surface area contributed by atoms with Crippen molar-refractivity contribution in [1.29, 1.82) is 0 Å². The zero-order valence-corrected chi connectivity index (χ0v) is 16.5. The molecule has 0 spiro atoms. The van der Waals surface area contributed by atoms with Crippen molar-refractivity contribution in [2.45, 2.75) is 32.4 Å². The van der Waals surface area contributed by atoms with Crippen LogP contribution in [0, 0.1) is 0 Å². The number of fused-ring (bicyclic) bond motifs is 1. The first-order valence-electron chi connectivity index (χ1n) is 10.1. The minimum Gasteiger partial charge on any atom is -0.345 e. The van der Waals surface area contributed by atoms with Crippen molar-refractivity contribution in [3.63, 3.8) is 0 Å². The van der Waals surface area contributed by atoms with Gasteiger partial charge in [-0.15, -0.1) is 0 Å². The summed E-state index contributed by atoms with van der Waals surface area (Å²) in [5, 5.41) is 7.07. The van der Waals surface area contributed by atoms with Gasteiger partial charge in [0.1, 0.15) is 0 Å². The van der Waals surface area contributed by atoms with Gasteiger partial charge in [0.05, 0.1) is 24.2 Å². The second kappa shape index (κ2) is 8.06. The number of amides is 3. The zero-order valence-electron chi connectivity index (χ0n) is 16.5. The fraction of sp³-hybridized carbons (Fsp3) is 0.429. The van der Waals surface area contributed by atoms with Crippen molar-refractivity contribution in [2.75, 3.05) is 26.2 Å². The molecule has 3 amide bonds. The summed E-state index contributed by atoms with van der Waals surface area (Å²) in [6.07, 6.45) is 4.32. The van der Waals surface area contributed by atoms with Crippen LogP contribution in [0.2, 0.25) is 0 Å². The van der Waals surface area contributed by atoms with Crippen molar-refractivity contribution in [2.24, 2.45) is 0 Å². The van der Waals surface area contributed by atoms with Crippen LogP contribution >= 0.6 is 0 Å². The summed E-state index contributed by atoms with van der Waals surface area (Å²) in [4.78, 5) is 41.3. The molecular weight excluding hydrogens is 370 g/mol. The molecule has 29 heavy (non-hydrogen) atoms. The Morgan fingerprint density at radius 1 is 1.14 bits per heavy atom. The molecule has 0 saturated carbocycles. The lowest BCUT2D eigenvalue weighted by atomic mass is 10.0. The van der Waals surface area contributed by atoms with Gasteiger partial charge in [0.2, 0.25) is 5.91 Å². The quantitative estimate of drug-likeness (QED) is 0.849. The summed E-state index contributed by atoms with van der Waals surface area (Å²) in [7, 11) is 0. The van der Waals surface area contributed by atoms with Crippen LogP contribution in [0.25, 0.3) is 0 Å². The minimum absolute atomic E-state index is 0.0000969. The molecule has 2 aliphatic rings. The molecule has 0 aliphatic carbocycles. The van der Waals surface area contributed by atoms with Gasteiger partial charge >= 0.3 is 0 Å². The van der Waals surface area contributed by atoms with Gasteiger partial charge in [-0.1, -0.05) is 18.2 Å². The van der Waals surface area contributed by atoms with Gasteiger partial charge in [-0.2, -0.15) is 5.10 Å². The first-order valence-corrected chi connectivity index (χ1v) is 10.1. The molecule has 1 atom stereocenters. The summed E-state index contributed by atoms with van der Waals surface area (Å²) < 4.78 is 1.73. The van der Waals surface area contributed by atoms with E-state index in [9.17, 15) is 14.4 Å². The SMILES string of the molecule is CCn1cc(C(=O)N2CCCN(C(=O)CC3NC(=O)c4ccccc43)CC2)cn1. The number of nitrogens with one attached hydrogen (secondary N) is 1. The van der Waals surface area contributed by atoms with E-state index in [2.05, 4.69) is 10.4 Å². The van der Waals surface area contributed by atoms with Gasteiger partial charge in [-0.25, -0.2) is 0 Å². The molecule has 0 bridgehead atoms. The Bertz CT molecular complexity index is 938. The van der Waals surface area contributed by atoms with Crippen LogP contribution in [0.3, 0.4) is 0 Å². The topological polar surface area (TPSA) is 87.5 Å². The first kappa shape index (κ1) is 19.2. The van der Waals surface area contributed by atoms with Crippen LogP contribution in [-0.2, 0) is 11.3 Å². The normalized spacial score (nSPS) is 18.9. The minimum atomic E-state index is -0.285. The maximum Gasteiger partial charge on any atom is 0.257 e. The van der Waals surface area contributed by atoms with Gasteiger partial charge < -0.3 is 15.1 Å². The first-order chi connectivity index (χ1) is 14.1. The maximum atomic E-state index is 12.9. The summed E-state index contributed by atoms with van der Waals surface area (Å²) in [5.41, 5.74) is 2.10. The van der Waals surface area contributed by atoms with E-state index in [-0.39, 0.29) is 30.2 Å². The predicted molar refractivity (Wildman–Crippen MR) is 106 cm³/mol. The number of carbonyl (C=O) groups is 3. The maximum absolute atomic E-state index is 12.9. The highest BCUT2D eigenvalue weighted by Crippen LogP contribution is 2.28. The third-order valence-electron chi connectivity index (χ3n) is 5.60. The number of nitrogens with zero attached hydrogens (tertiary/aromatic N) is 4. The number of aromatic nitrogens is 2. The Hall–Kier alpha value is -3.16. The van der Waals surface area contributed by atoms with E-state index >= 15 is 0 Å². The van der Waals surface area contributed by atoms with Gasteiger partial charge in [-0.3, -0.25) is 19.1 Å². The van der Waals surface area contributed by atoms with E-state index in [0.29, 0.717) is 37.3 Å². The van der Waals surface area contributed by atoms with Crippen molar-refractivity contribution >= 4 is 17.7 Å². The van der Waals surface area contributed by atoms with E-state index in [4.69, 9.17) is 0 Å². The molecule has 1 unspecified atom stereocenters. The molecule has 3 heterocycles. The molecule has 1 fully saturated rings. The largest absolute Gasteiger partial charge is 0.345 e. The highest BCUT2D eigenvalue weighted by molar-refractivity contribution is 5.99. The smallest absolute Gasteiger partial charge is 0.257 e. The third-order valence-corrected chi connectivity index (χ3v) is 5.60. The summed E-state index contributed by atoms with van der Waals surface area (Å²) in [6, 6.07) is 7.10. The van der Waals surface area contributed by atoms with E-state index in [1.165, 1.54) is 0 Å². The molecule has 8 heteroatoms. The van der Waals surface area contributed by atoms with E-state index < -0.39 is 0 Å². The standard InChI is InChI=1S/C21H25N5O3/c1-2-26-14-15(13-22-26)21(29)25-9-5-8-24(10-11-25)19(27)12-18-16-6-3-4-7-17(16)20(28)23-18/h3-4,6-7,13-14,18H,2,5,8-12H2,1H3,(H,23,28). The number of hydrogen-bond acceptors (Lipinski definition) is 4. The molecular formula is C21H25N5O3. The Kier molecular flexibility index (Phi) is 5.33. The fourth-order valence-electron chi connectivity index (χ4n) is 3.99. The Balaban J connectivity index is 1.37. The molecule has 2 aromatic rings. The number of hydrogen-bond donors (Lipinski definition) is 1. The fourth-order valence-corrected chi connectivity index (χ4v) is 3.99. The summed E-state index contributed by atoms with van der Waals surface area (Å²) >= 11 is 0. The number of benzene rings is 1. The van der Waals surface area contributed by atoms with E-state index in [1.807, 2.05) is 25.1 Å². The zero-order chi connectivity index (χ0) is 20.4. The van der Waals surface area contributed by atoms with Crippen molar-refractivity contribution < 1.29 is 14.4 Å². The lowest BCUT2D eigenvalue weighted by Gasteiger charge is -2.23. The molecule has 8 nitrogen and oxygen atoms in total. The van der Waals surface area contributed by atoms with E-state index in [1.54, 1.807) is 32.9 Å². The molecule has 4 rings (SSSR count). The highest BCUT2D eigenvalue weighted by atomic mass is 16.2. The van der Waals surface area contributed by atoms with Gasteiger partial charge in [0.25, 0.3) is 11.8 Å². The van der Waals surface area contributed by atoms with Crippen LogP contribution in [0.4, 0.5) is 0 Å². The lowest BCUT2D eigenvalue weighted by molar-refractivity contribution is -0.131. The van der Waals surface area contributed by atoms with Crippen molar-refractivity contribution in [3.05, 3.63) is 53.3 Å². The lowest BCUT2D eigenvalue weighted by Crippen LogP contribution is -2.38. The Morgan fingerprint density at radius 3 is 2.69 bits per heavy atom. The van der Waals surface area contributed by atoms with Crippen LogP contribution in [0.15, 0.2) is 36.7 Å². The van der Waals surface area contributed by atoms with Crippen molar-refractivity contribution in [3.8, 4) is 0 Å². The summed E-state index contributed by atoms with van der Waals surface area (Å²) in [6.45, 7) is 4.91. The number of aryl methyl sites for hydroxylation is 1. The van der Waals surface area contributed by atoms with Crippen LogP contribution in [-0.4, -0.2) is 63.5 Å². The highest BCUT2D eigenvalue weighted by Gasteiger charge is 2.31. The van der Waals surface area contributed by atoms with Crippen LogP contribution < -0.4 is 5.32 Å². The second-order valence-corrected chi connectivity index (χ2v) is 7.43. The average molecular weight is 395 g/mol. The van der Waals surface area contributed by atoms with Gasteiger partial charge in [0.15, 0.2) is 0 Å². The molecule has 2 aliphatic heterocycles. The molecule has 1 N–H and O–H groups in total. The Labute approximate surface area is 169 Å². The van der Waals surface area contributed by atoms with E-state index in [0.717, 1.165) is 18.5 Å². The van der Waals surface area contributed by atoms with Crippen molar-refractivity contribution in [1.82, 2.24) is 24.9 Å². The monoisotopic (exact) mass is 395 g/mol. The molecule has 1 aromatic carbocycles. The third kappa shape index (κ3) is 3.87. The van der Waals surface area contributed by atoms with Crippen LogP contribution in [0.1, 0.15) is 52.1 Å². The van der Waals surface area contributed by atoms with Gasteiger partial charge in [0, 0.05) is 44.5 Å². The number of carbonyl (C=O) groups excluding carboxylic acids is 3. The predicted octanol–water partition coefficient (Wildman–Crippen LogP) is 1.45. The molecule has 1 aromatic heterocycles. The van der Waals surface area contributed by atoms with Crippen LogP contribution in [0.5, 0.6) is 0 Å². The molecule has 1 saturated heterocycles. The second-order valence-electron chi connectivity index (χ2n) is 7.43. The average Bonchev–Trinajstić information content (AvgIpc) is 3.24.